The zero-order valence-electron chi connectivity index (χ0n) is 9.37. The largest absolute Gasteiger partial charge is 0.438 e. The average Bonchev–Trinajstić information content (AvgIpc) is 2.78. The summed E-state index contributed by atoms with van der Waals surface area (Å²) in [6.45, 7) is 0.111. The molecule has 0 fully saturated rings. The van der Waals surface area contributed by atoms with E-state index < -0.39 is 10.7 Å². The predicted octanol–water partition coefficient (Wildman–Crippen LogP) is 1.81. The second kappa shape index (κ2) is 5.66. The van der Waals surface area contributed by atoms with Crippen LogP contribution in [0.2, 0.25) is 0 Å². The van der Waals surface area contributed by atoms with E-state index in [-0.39, 0.29) is 18.1 Å². The van der Waals surface area contributed by atoms with Gasteiger partial charge in [-0.15, -0.1) is 5.10 Å². The molecule has 0 aliphatic heterocycles. The van der Waals surface area contributed by atoms with Gasteiger partial charge in [-0.25, -0.2) is 4.79 Å². The summed E-state index contributed by atoms with van der Waals surface area (Å²) in [5, 5.41) is 14.6. The first-order chi connectivity index (χ1) is 9.11. The van der Waals surface area contributed by atoms with E-state index in [1.54, 1.807) is 6.07 Å². The van der Waals surface area contributed by atoms with Gasteiger partial charge in [0.05, 0.1) is 4.92 Å². The first kappa shape index (κ1) is 13.3. The lowest BCUT2D eigenvalue weighted by Gasteiger charge is -1.94. The highest BCUT2D eigenvalue weighted by molar-refractivity contribution is 14.1. The van der Waals surface area contributed by atoms with Gasteiger partial charge in [0, 0.05) is 40.3 Å². The average molecular weight is 371 g/mol. The molecular weight excluding hydrogens is 365 g/mol. The summed E-state index contributed by atoms with van der Waals surface area (Å²) in [5.74, 6) is 2.05. The Kier molecular flexibility index (Phi) is 3.96. The van der Waals surface area contributed by atoms with Crippen molar-refractivity contribution in [2.24, 2.45) is 0 Å². The molecule has 0 aliphatic carbocycles. The van der Waals surface area contributed by atoms with Gasteiger partial charge in [-0.05, 0) is 9.99 Å². The van der Waals surface area contributed by atoms with Crippen LogP contribution in [-0.2, 0) is 6.54 Å². The Morgan fingerprint density at radius 3 is 3.00 bits per heavy atom. The molecule has 2 rings (SSSR count). The summed E-state index contributed by atoms with van der Waals surface area (Å²) in [7, 11) is 0. The molecule has 0 N–H and O–H groups in total. The van der Waals surface area contributed by atoms with E-state index in [9.17, 15) is 14.9 Å². The van der Waals surface area contributed by atoms with Crippen molar-refractivity contribution in [2.45, 2.75) is 6.54 Å². The third-order valence-electron chi connectivity index (χ3n) is 2.21. The fourth-order valence-electron chi connectivity index (χ4n) is 1.38. The number of nitrogens with zero attached hydrogens (tertiary/aromatic N) is 3. The van der Waals surface area contributed by atoms with Crippen molar-refractivity contribution >= 4 is 28.3 Å². The van der Waals surface area contributed by atoms with Crippen LogP contribution >= 0.6 is 22.6 Å². The number of benzene rings is 1. The van der Waals surface area contributed by atoms with E-state index in [1.165, 1.54) is 18.2 Å². The number of rotatable bonds is 3. The van der Waals surface area contributed by atoms with E-state index >= 15 is 0 Å². The Morgan fingerprint density at radius 2 is 2.32 bits per heavy atom. The van der Waals surface area contributed by atoms with E-state index in [0.717, 1.165) is 4.68 Å². The second-order valence-electron chi connectivity index (χ2n) is 3.41. The van der Waals surface area contributed by atoms with Crippen LogP contribution in [0.15, 0.2) is 33.5 Å². The molecule has 96 valence electrons. The summed E-state index contributed by atoms with van der Waals surface area (Å²) in [6, 6.07) is 5.71. The van der Waals surface area contributed by atoms with E-state index in [1.807, 2.05) is 22.6 Å². The van der Waals surface area contributed by atoms with Gasteiger partial charge in [0.15, 0.2) is 0 Å². The molecule has 8 heteroatoms. The SMILES string of the molecule is O=c1oc(-c2cccc([N+](=O)[O-])c2)nn1CC#CI. The number of nitro groups is 1. The van der Waals surface area contributed by atoms with Crippen molar-refractivity contribution in [2.75, 3.05) is 0 Å². The standard InChI is InChI=1S/C11H6IN3O4/c12-5-2-6-14-11(16)19-10(13-14)8-3-1-4-9(7-8)15(17)18/h1,3-4,7H,6H2. The molecule has 19 heavy (non-hydrogen) atoms. The fraction of sp³-hybridized carbons (Fsp3) is 0.0909. The van der Waals surface area contributed by atoms with Gasteiger partial charge in [-0.3, -0.25) is 10.1 Å². The topological polar surface area (TPSA) is 91.2 Å². The lowest BCUT2D eigenvalue weighted by molar-refractivity contribution is -0.384. The zero-order chi connectivity index (χ0) is 13.8. The number of hydrogen-bond acceptors (Lipinski definition) is 5. The molecule has 1 aromatic carbocycles. The Balaban J connectivity index is 2.41. The van der Waals surface area contributed by atoms with E-state index in [2.05, 4.69) is 14.9 Å². The molecule has 7 nitrogen and oxygen atoms in total. The maximum atomic E-state index is 11.5. The molecule has 2 aromatic rings. The van der Waals surface area contributed by atoms with Crippen molar-refractivity contribution in [3.63, 3.8) is 0 Å². The molecule has 0 amide bonds. The predicted molar refractivity (Wildman–Crippen MR) is 74.6 cm³/mol. The quantitative estimate of drug-likeness (QED) is 0.355. The van der Waals surface area contributed by atoms with Crippen LogP contribution in [0.1, 0.15) is 0 Å². The van der Waals surface area contributed by atoms with Crippen LogP contribution in [0.3, 0.4) is 0 Å². The minimum absolute atomic E-state index is 0.0314. The van der Waals surface area contributed by atoms with Crippen LogP contribution in [0.25, 0.3) is 11.5 Å². The molecular formula is C11H6IN3O4. The minimum Gasteiger partial charge on any atom is -0.388 e. The highest BCUT2D eigenvalue weighted by atomic mass is 127. The lowest BCUT2D eigenvalue weighted by atomic mass is 10.2. The van der Waals surface area contributed by atoms with Gasteiger partial charge in [0.1, 0.15) is 6.54 Å². The van der Waals surface area contributed by atoms with Crippen molar-refractivity contribution in [1.29, 1.82) is 0 Å². The van der Waals surface area contributed by atoms with Crippen LogP contribution < -0.4 is 5.76 Å². The molecule has 0 saturated carbocycles. The molecule has 0 aliphatic rings. The minimum atomic E-state index is -0.652. The first-order valence-corrected chi connectivity index (χ1v) is 6.11. The molecule has 0 atom stereocenters. The second-order valence-corrected chi connectivity index (χ2v) is 3.95. The molecule has 0 bridgehead atoms. The van der Waals surface area contributed by atoms with Crippen LogP contribution in [0, 0.1) is 20.0 Å². The van der Waals surface area contributed by atoms with Gasteiger partial charge >= 0.3 is 5.76 Å². The summed E-state index contributed by atoms with van der Waals surface area (Å²) in [5.41, 5.74) is 0.272. The maximum Gasteiger partial charge on any atom is 0.438 e. The molecule has 1 aromatic heterocycles. The first-order valence-electron chi connectivity index (χ1n) is 5.03. The van der Waals surface area contributed by atoms with Crippen LogP contribution in [0.5, 0.6) is 0 Å². The Hall–Kier alpha value is -2.15. The molecule has 0 unspecified atom stereocenters. The summed E-state index contributed by atoms with van der Waals surface area (Å²) in [6.07, 6.45) is 0. The molecule has 0 saturated heterocycles. The van der Waals surface area contributed by atoms with Crippen LogP contribution in [-0.4, -0.2) is 14.7 Å². The monoisotopic (exact) mass is 371 g/mol. The maximum absolute atomic E-state index is 11.5. The Labute approximate surface area is 120 Å². The summed E-state index contributed by atoms with van der Waals surface area (Å²) < 4.78 is 8.60. The number of aromatic nitrogens is 2. The third-order valence-corrected chi connectivity index (χ3v) is 2.59. The normalized spacial score (nSPS) is 9.74. The summed E-state index contributed by atoms with van der Waals surface area (Å²) >= 11 is 1.85. The van der Waals surface area contributed by atoms with Gasteiger partial charge in [0.2, 0.25) is 5.89 Å². The van der Waals surface area contributed by atoms with E-state index in [4.69, 9.17) is 4.42 Å². The van der Waals surface area contributed by atoms with Crippen molar-refractivity contribution in [3.8, 4) is 21.3 Å². The Bertz CT molecular complexity index is 738. The smallest absolute Gasteiger partial charge is 0.388 e. The number of non-ortho nitro benzene ring substituents is 1. The van der Waals surface area contributed by atoms with Crippen molar-refractivity contribution in [1.82, 2.24) is 9.78 Å². The van der Waals surface area contributed by atoms with Crippen molar-refractivity contribution < 1.29 is 9.34 Å². The van der Waals surface area contributed by atoms with Gasteiger partial charge in [0.25, 0.3) is 5.69 Å². The molecule has 0 radical (unpaired) electrons. The number of halogens is 1. The third kappa shape index (κ3) is 3.00. The van der Waals surface area contributed by atoms with Gasteiger partial charge < -0.3 is 4.42 Å². The number of nitro benzene ring substituents is 1. The number of hydrogen-bond donors (Lipinski definition) is 0. The van der Waals surface area contributed by atoms with Crippen molar-refractivity contribution in [3.05, 3.63) is 44.9 Å². The fourth-order valence-corrected chi connectivity index (χ4v) is 1.55. The highest BCUT2D eigenvalue weighted by Crippen LogP contribution is 2.21. The van der Waals surface area contributed by atoms with Crippen LogP contribution in [0.4, 0.5) is 5.69 Å². The highest BCUT2D eigenvalue weighted by Gasteiger charge is 2.13. The zero-order valence-corrected chi connectivity index (χ0v) is 11.5. The Morgan fingerprint density at radius 1 is 1.53 bits per heavy atom. The summed E-state index contributed by atoms with van der Waals surface area (Å²) in [4.78, 5) is 21.6. The van der Waals surface area contributed by atoms with Gasteiger partial charge in [-0.2, -0.15) is 4.68 Å². The van der Waals surface area contributed by atoms with Gasteiger partial charge in [-0.1, -0.05) is 12.0 Å². The molecule has 1 heterocycles. The van der Waals surface area contributed by atoms with E-state index in [0.29, 0.717) is 5.56 Å². The lowest BCUT2D eigenvalue weighted by Crippen LogP contribution is -2.14. The molecule has 0 spiro atoms.